The number of carbonyl (C=O) groups is 1. The molecule has 0 unspecified atom stereocenters. The third kappa shape index (κ3) is 2.73. The molecule has 24 heavy (non-hydrogen) atoms. The van der Waals surface area contributed by atoms with E-state index in [4.69, 9.17) is 0 Å². The monoisotopic (exact) mass is 335 g/mol. The number of amides is 1. The Kier molecular flexibility index (Phi) is 3.87. The molecule has 0 saturated heterocycles. The maximum Gasteiger partial charge on any atom is 0.226 e. The largest absolute Gasteiger partial charge is 0.387 e. The summed E-state index contributed by atoms with van der Waals surface area (Å²) in [5.41, 5.74) is 0.0161. The van der Waals surface area contributed by atoms with Gasteiger partial charge in [-0.05, 0) is 74.0 Å². The van der Waals surface area contributed by atoms with Crippen molar-refractivity contribution in [1.29, 1.82) is 0 Å². The van der Waals surface area contributed by atoms with E-state index in [-0.39, 0.29) is 23.4 Å². The number of nitrogens with one attached hydrogen (secondary N) is 1. The number of benzene rings is 1. The smallest absolute Gasteiger partial charge is 0.226 e. The van der Waals surface area contributed by atoms with Crippen molar-refractivity contribution in [1.82, 2.24) is 5.32 Å². The Bertz CT molecular complexity index is 625. The van der Waals surface area contributed by atoms with E-state index in [0.29, 0.717) is 17.8 Å². The SMILES string of the molecule is O=C(NC[C@@H](O)c1ccc(F)c(F)c1)C12CC3CC(CC(C3)C1)C2. The zero-order chi connectivity index (χ0) is 16.9. The molecule has 0 heterocycles. The minimum Gasteiger partial charge on any atom is -0.387 e. The number of carbonyl (C=O) groups excluding carboxylic acids is 1. The number of hydrogen-bond acceptors (Lipinski definition) is 2. The molecule has 0 aromatic heterocycles. The second-order valence-electron chi connectivity index (χ2n) is 8.10. The summed E-state index contributed by atoms with van der Waals surface area (Å²) >= 11 is 0. The summed E-state index contributed by atoms with van der Waals surface area (Å²) in [4.78, 5) is 12.8. The Morgan fingerprint density at radius 1 is 1.12 bits per heavy atom. The third-order valence-corrected chi connectivity index (χ3v) is 6.30. The van der Waals surface area contributed by atoms with Crippen LogP contribution >= 0.6 is 0 Å². The third-order valence-electron chi connectivity index (χ3n) is 6.30. The fraction of sp³-hybridized carbons (Fsp3) is 0.632. The van der Waals surface area contributed by atoms with Gasteiger partial charge < -0.3 is 10.4 Å². The molecule has 1 aromatic rings. The van der Waals surface area contributed by atoms with E-state index >= 15 is 0 Å². The molecule has 0 radical (unpaired) electrons. The van der Waals surface area contributed by atoms with Crippen molar-refractivity contribution in [3.05, 3.63) is 35.4 Å². The summed E-state index contributed by atoms with van der Waals surface area (Å²) in [7, 11) is 0. The van der Waals surface area contributed by atoms with E-state index < -0.39 is 17.7 Å². The van der Waals surface area contributed by atoms with Crippen molar-refractivity contribution >= 4 is 5.91 Å². The van der Waals surface area contributed by atoms with Gasteiger partial charge in [0, 0.05) is 12.0 Å². The fourth-order valence-electron chi connectivity index (χ4n) is 5.60. The maximum atomic E-state index is 13.3. The Hall–Kier alpha value is -1.49. The van der Waals surface area contributed by atoms with Crippen molar-refractivity contribution < 1.29 is 18.7 Å². The zero-order valence-electron chi connectivity index (χ0n) is 13.6. The van der Waals surface area contributed by atoms with E-state index in [0.717, 1.165) is 31.4 Å². The molecule has 1 atom stereocenters. The fourth-order valence-corrected chi connectivity index (χ4v) is 5.60. The first kappa shape index (κ1) is 16.0. The Morgan fingerprint density at radius 3 is 2.25 bits per heavy atom. The molecule has 2 N–H and O–H groups in total. The molecule has 4 fully saturated rings. The number of halogens is 2. The van der Waals surface area contributed by atoms with Crippen LogP contribution in [-0.4, -0.2) is 17.6 Å². The Balaban J connectivity index is 1.40. The van der Waals surface area contributed by atoms with Crippen molar-refractivity contribution in [2.45, 2.75) is 44.6 Å². The highest BCUT2D eigenvalue weighted by Gasteiger charge is 2.54. The molecule has 1 amide bonds. The predicted octanol–water partition coefficient (Wildman–Crippen LogP) is 3.33. The Labute approximate surface area is 140 Å². The molecule has 5 rings (SSSR count). The first-order valence-corrected chi connectivity index (χ1v) is 8.86. The molecule has 1 aromatic carbocycles. The van der Waals surface area contributed by atoms with Gasteiger partial charge in [0.25, 0.3) is 0 Å². The average Bonchev–Trinajstić information content (AvgIpc) is 2.53. The highest BCUT2D eigenvalue weighted by atomic mass is 19.2. The van der Waals surface area contributed by atoms with E-state index in [1.54, 1.807) is 0 Å². The van der Waals surface area contributed by atoms with E-state index in [1.807, 2.05) is 0 Å². The van der Waals surface area contributed by atoms with Gasteiger partial charge in [0.2, 0.25) is 5.91 Å². The van der Waals surface area contributed by atoms with Gasteiger partial charge in [-0.15, -0.1) is 0 Å². The Morgan fingerprint density at radius 2 is 1.71 bits per heavy atom. The molecular weight excluding hydrogens is 312 g/mol. The van der Waals surface area contributed by atoms with E-state index in [1.165, 1.54) is 25.3 Å². The molecule has 5 heteroatoms. The minimum absolute atomic E-state index is 0.0308. The number of hydrogen-bond donors (Lipinski definition) is 2. The number of aliphatic hydroxyl groups is 1. The zero-order valence-corrected chi connectivity index (χ0v) is 13.6. The summed E-state index contributed by atoms with van der Waals surface area (Å²) < 4.78 is 26.2. The van der Waals surface area contributed by atoms with Crippen LogP contribution in [0.5, 0.6) is 0 Å². The summed E-state index contributed by atoms with van der Waals surface area (Å²) in [6.07, 6.45) is 5.67. The summed E-state index contributed by atoms with van der Waals surface area (Å²) in [5, 5.41) is 13.0. The lowest BCUT2D eigenvalue weighted by Crippen LogP contribution is -2.54. The summed E-state index contributed by atoms with van der Waals surface area (Å²) in [6, 6.07) is 3.33. The van der Waals surface area contributed by atoms with Crippen LogP contribution in [-0.2, 0) is 4.79 Å². The average molecular weight is 335 g/mol. The first-order chi connectivity index (χ1) is 11.4. The molecule has 3 nitrogen and oxygen atoms in total. The second kappa shape index (κ2) is 5.80. The number of aliphatic hydroxyl groups excluding tert-OH is 1. The quantitative estimate of drug-likeness (QED) is 0.887. The van der Waals surface area contributed by atoms with Gasteiger partial charge >= 0.3 is 0 Å². The van der Waals surface area contributed by atoms with Crippen LogP contribution in [0.3, 0.4) is 0 Å². The topological polar surface area (TPSA) is 49.3 Å². The van der Waals surface area contributed by atoms with E-state index in [2.05, 4.69) is 5.32 Å². The van der Waals surface area contributed by atoms with Crippen molar-refractivity contribution in [2.24, 2.45) is 23.2 Å². The van der Waals surface area contributed by atoms with E-state index in [9.17, 15) is 18.7 Å². The predicted molar refractivity (Wildman–Crippen MR) is 84.9 cm³/mol. The van der Waals surface area contributed by atoms with Crippen LogP contribution in [0.25, 0.3) is 0 Å². The molecule has 0 spiro atoms. The lowest BCUT2D eigenvalue weighted by Gasteiger charge is -2.55. The van der Waals surface area contributed by atoms with Crippen LogP contribution in [0.2, 0.25) is 0 Å². The molecule has 4 aliphatic rings. The van der Waals surface area contributed by atoms with Crippen molar-refractivity contribution in [2.75, 3.05) is 6.54 Å². The van der Waals surface area contributed by atoms with Crippen LogP contribution in [0.1, 0.15) is 50.2 Å². The molecular formula is C19H23F2NO2. The van der Waals surface area contributed by atoms with Gasteiger partial charge in [0.15, 0.2) is 11.6 Å². The highest BCUT2D eigenvalue weighted by molar-refractivity contribution is 5.83. The molecule has 4 saturated carbocycles. The van der Waals surface area contributed by atoms with Gasteiger partial charge in [-0.3, -0.25) is 4.79 Å². The second-order valence-corrected chi connectivity index (χ2v) is 8.10. The van der Waals surface area contributed by atoms with Crippen LogP contribution in [0, 0.1) is 34.8 Å². The van der Waals surface area contributed by atoms with Crippen molar-refractivity contribution in [3.63, 3.8) is 0 Å². The van der Waals surface area contributed by atoms with Gasteiger partial charge in [0.1, 0.15) is 0 Å². The minimum atomic E-state index is -1.03. The first-order valence-electron chi connectivity index (χ1n) is 8.86. The summed E-state index contributed by atoms with van der Waals surface area (Å²) in [5.74, 6) is 0.139. The van der Waals surface area contributed by atoms with Crippen LogP contribution in [0.15, 0.2) is 18.2 Å². The number of rotatable bonds is 4. The molecule has 130 valence electrons. The standard InChI is InChI=1S/C19H23F2NO2/c20-15-2-1-14(6-16(15)21)17(23)10-22-18(24)19-7-11-3-12(8-19)5-13(4-11)9-19/h1-2,6,11-13,17,23H,3-5,7-10H2,(H,22,24)/t11?,12?,13?,17-,19?/m1/s1. The normalized spacial score (nSPS) is 35.0. The van der Waals surface area contributed by atoms with Gasteiger partial charge in [-0.1, -0.05) is 6.07 Å². The molecule has 4 bridgehead atoms. The van der Waals surface area contributed by atoms with Gasteiger partial charge in [-0.2, -0.15) is 0 Å². The van der Waals surface area contributed by atoms with Crippen molar-refractivity contribution in [3.8, 4) is 0 Å². The lowest BCUT2D eigenvalue weighted by molar-refractivity contribution is -0.146. The molecule has 0 aliphatic heterocycles. The van der Waals surface area contributed by atoms with Gasteiger partial charge in [0.05, 0.1) is 6.10 Å². The lowest BCUT2D eigenvalue weighted by atomic mass is 9.49. The van der Waals surface area contributed by atoms with Gasteiger partial charge in [-0.25, -0.2) is 8.78 Å². The summed E-state index contributed by atoms with van der Waals surface area (Å²) in [6.45, 7) is 0.0334. The molecule has 4 aliphatic carbocycles. The van der Waals surface area contributed by atoms with Crippen LogP contribution in [0.4, 0.5) is 8.78 Å². The maximum absolute atomic E-state index is 13.3. The van der Waals surface area contributed by atoms with Crippen LogP contribution < -0.4 is 5.32 Å². The highest BCUT2D eigenvalue weighted by Crippen LogP contribution is 2.60.